The Labute approximate surface area is 175 Å². The number of ether oxygens (including phenoxy) is 1. The third-order valence-electron chi connectivity index (χ3n) is 7.09. The second kappa shape index (κ2) is 6.66. The van der Waals surface area contributed by atoms with Gasteiger partial charge in [0.15, 0.2) is 0 Å². The molecule has 2 amide bonds. The van der Waals surface area contributed by atoms with E-state index in [9.17, 15) is 9.59 Å². The number of amides is 2. The summed E-state index contributed by atoms with van der Waals surface area (Å²) in [6, 6.07) is 17.5. The minimum Gasteiger partial charge on any atom is -0.489 e. The van der Waals surface area contributed by atoms with E-state index < -0.39 is 0 Å². The van der Waals surface area contributed by atoms with Crippen LogP contribution in [0.1, 0.15) is 17.5 Å². The van der Waals surface area contributed by atoms with E-state index in [1.54, 1.807) is 6.21 Å². The smallest absolute Gasteiger partial charge is 0.254 e. The molecule has 2 bridgehead atoms. The first-order chi connectivity index (χ1) is 14.7. The lowest BCUT2D eigenvalue weighted by molar-refractivity contribution is -0.140. The van der Waals surface area contributed by atoms with E-state index in [4.69, 9.17) is 4.74 Å². The van der Waals surface area contributed by atoms with Gasteiger partial charge in [-0.3, -0.25) is 9.59 Å². The van der Waals surface area contributed by atoms with Gasteiger partial charge in [0, 0.05) is 0 Å². The third-order valence-corrected chi connectivity index (χ3v) is 7.09. The van der Waals surface area contributed by atoms with Crippen molar-refractivity contribution in [1.82, 2.24) is 5.01 Å². The van der Waals surface area contributed by atoms with Gasteiger partial charge in [0.25, 0.3) is 11.8 Å². The number of nitrogens with zero attached hydrogens (tertiary/aromatic N) is 2. The normalized spacial score (nSPS) is 33.1. The molecule has 2 aromatic carbocycles. The number of imide groups is 1. The molecule has 1 heterocycles. The van der Waals surface area contributed by atoms with Crippen LogP contribution in [0.4, 0.5) is 0 Å². The monoisotopic (exact) mass is 398 g/mol. The number of hydrogen-bond acceptors (Lipinski definition) is 4. The average molecular weight is 398 g/mol. The number of hydrogen-bond donors (Lipinski definition) is 0. The van der Waals surface area contributed by atoms with Crippen molar-refractivity contribution < 1.29 is 14.3 Å². The second-order valence-electron chi connectivity index (χ2n) is 8.73. The number of carbonyl (C=O) groups excluding carboxylic acids is 2. The van der Waals surface area contributed by atoms with Crippen molar-refractivity contribution in [3.63, 3.8) is 0 Å². The molecule has 2 aromatic rings. The predicted octanol–water partition coefficient (Wildman–Crippen LogP) is 3.65. The Balaban J connectivity index is 1.13. The van der Waals surface area contributed by atoms with Crippen LogP contribution in [-0.2, 0) is 16.2 Å². The van der Waals surface area contributed by atoms with Gasteiger partial charge in [-0.1, -0.05) is 42.5 Å². The molecule has 0 N–H and O–H groups in total. The Morgan fingerprint density at radius 3 is 2.17 bits per heavy atom. The summed E-state index contributed by atoms with van der Waals surface area (Å²) in [6.45, 7) is 0.506. The van der Waals surface area contributed by atoms with E-state index in [2.05, 4.69) is 17.3 Å². The zero-order valence-electron chi connectivity index (χ0n) is 16.4. The number of rotatable bonds is 5. The number of benzene rings is 2. The average Bonchev–Trinajstić information content (AvgIpc) is 3.57. The van der Waals surface area contributed by atoms with Crippen LogP contribution in [0.2, 0.25) is 0 Å². The lowest BCUT2D eigenvalue weighted by Gasteiger charge is -2.37. The molecule has 5 nitrogen and oxygen atoms in total. The zero-order valence-corrected chi connectivity index (χ0v) is 16.4. The fraction of sp³-hybridized carbons (Fsp3) is 0.320. The quantitative estimate of drug-likeness (QED) is 0.439. The fourth-order valence-electron chi connectivity index (χ4n) is 5.57. The minimum atomic E-state index is -0.206. The molecule has 1 aliphatic heterocycles. The molecule has 6 atom stereocenters. The van der Waals surface area contributed by atoms with Crippen LogP contribution in [0.3, 0.4) is 0 Å². The molecule has 6 unspecified atom stereocenters. The molecule has 5 heteroatoms. The Bertz CT molecular complexity index is 1020. The standard InChI is InChI=1S/C25H22N2O3/c28-24-22-18-10-11-19(21-12-20(18)21)23(22)25(29)27(24)26-13-15-6-8-17(9-7-15)30-14-16-4-2-1-3-5-16/h1-11,13,18-23H,12,14H2/b26-13+. The summed E-state index contributed by atoms with van der Waals surface area (Å²) in [5.74, 6) is 1.74. The largest absolute Gasteiger partial charge is 0.489 e. The topological polar surface area (TPSA) is 59.0 Å². The number of carbonyl (C=O) groups is 2. The highest BCUT2D eigenvalue weighted by molar-refractivity contribution is 6.06. The van der Waals surface area contributed by atoms with E-state index in [1.807, 2.05) is 54.6 Å². The molecule has 150 valence electrons. The van der Waals surface area contributed by atoms with Crippen molar-refractivity contribution in [2.45, 2.75) is 13.0 Å². The second-order valence-corrected chi connectivity index (χ2v) is 8.73. The first-order valence-corrected chi connectivity index (χ1v) is 10.6. The molecule has 3 fully saturated rings. The van der Waals surface area contributed by atoms with Crippen molar-refractivity contribution in [2.75, 3.05) is 0 Å². The van der Waals surface area contributed by atoms with Crippen molar-refractivity contribution in [2.24, 2.45) is 40.6 Å². The third kappa shape index (κ3) is 2.72. The summed E-state index contributed by atoms with van der Waals surface area (Å²) >= 11 is 0. The summed E-state index contributed by atoms with van der Waals surface area (Å²) in [5, 5.41) is 5.40. The van der Waals surface area contributed by atoms with Crippen molar-refractivity contribution in [3.8, 4) is 5.75 Å². The molecule has 2 saturated carbocycles. The molecule has 7 rings (SSSR count). The lowest BCUT2D eigenvalue weighted by atomic mass is 9.63. The highest BCUT2D eigenvalue weighted by Gasteiger charge is 2.67. The van der Waals surface area contributed by atoms with Gasteiger partial charge in [-0.25, -0.2) is 0 Å². The van der Waals surface area contributed by atoms with Gasteiger partial charge in [0.05, 0.1) is 18.1 Å². The van der Waals surface area contributed by atoms with Crippen LogP contribution < -0.4 is 4.74 Å². The molecule has 5 aliphatic rings. The maximum absolute atomic E-state index is 12.9. The molecule has 1 saturated heterocycles. The van der Waals surface area contributed by atoms with Gasteiger partial charge in [0.2, 0.25) is 0 Å². The van der Waals surface area contributed by atoms with Crippen molar-refractivity contribution in [3.05, 3.63) is 77.9 Å². The van der Waals surface area contributed by atoms with E-state index in [0.29, 0.717) is 18.4 Å². The fourth-order valence-corrected chi connectivity index (χ4v) is 5.57. The highest BCUT2D eigenvalue weighted by atomic mass is 16.5. The van der Waals surface area contributed by atoms with E-state index in [0.717, 1.165) is 28.3 Å². The maximum Gasteiger partial charge on any atom is 0.254 e. The molecule has 4 aliphatic carbocycles. The highest BCUT2D eigenvalue weighted by Crippen LogP contribution is 2.65. The molecule has 0 spiro atoms. The molecule has 0 aromatic heterocycles. The molecular formula is C25H22N2O3. The van der Waals surface area contributed by atoms with Crippen molar-refractivity contribution in [1.29, 1.82) is 0 Å². The Kier molecular flexibility index (Phi) is 3.91. The summed E-state index contributed by atoms with van der Waals surface area (Å²) in [4.78, 5) is 25.9. The van der Waals surface area contributed by atoms with Crippen molar-refractivity contribution >= 4 is 18.0 Å². The Morgan fingerprint density at radius 2 is 1.53 bits per heavy atom. The predicted molar refractivity (Wildman–Crippen MR) is 111 cm³/mol. The summed E-state index contributed by atoms with van der Waals surface area (Å²) < 4.78 is 5.80. The van der Waals surface area contributed by atoms with Gasteiger partial charge >= 0.3 is 0 Å². The van der Waals surface area contributed by atoms with Gasteiger partial charge in [0.1, 0.15) is 12.4 Å². The van der Waals surface area contributed by atoms with Gasteiger partial charge in [-0.05, 0) is 65.5 Å². The van der Waals surface area contributed by atoms with Crippen LogP contribution in [0.5, 0.6) is 5.75 Å². The Morgan fingerprint density at radius 1 is 0.900 bits per heavy atom. The Hall–Kier alpha value is -3.21. The van der Waals surface area contributed by atoms with E-state index in [-0.39, 0.29) is 35.5 Å². The SMILES string of the molecule is O=C1C2C3C=CC(C4CC34)C2C(=O)N1/N=C/c1ccc(OCc2ccccc2)cc1. The number of hydrazone groups is 1. The molecular weight excluding hydrogens is 376 g/mol. The number of allylic oxidation sites excluding steroid dienone is 2. The summed E-state index contributed by atoms with van der Waals surface area (Å²) in [7, 11) is 0. The lowest BCUT2D eigenvalue weighted by Crippen LogP contribution is -2.40. The first-order valence-electron chi connectivity index (χ1n) is 10.6. The van der Waals surface area contributed by atoms with Crippen LogP contribution >= 0.6 is 0 Å². The zero-order chi connectivity index (χ0) is 20.2. The van der Waals surface area contributed by atoms with Gasteiger partial charge < -0.3 is 4.74 Å². The van der Waals surface area contributed by atoms with E-state index in [1.165, 1.54) is 0 Å². The molecule has 30 heavy (non-hydrogen) atoms. The summed E-state index contributed by atoms with van der Waals surface area (Å²) in [5.41, 5.74) is 1.93. The van der Waals surface area contributed by atoms with Crippen LogP contribution in [0.15, 0.2) is 71.9 Å². The van der Waals surface area contributed by atoms with Crippen LogP contribution in [0.25, 0.3) is 0 Å². The minimum absolute atomic E-state index is 0.131. The van der Waals surface area contributed by atoms with Gasteiger partial charge in [-0.2, -0.15) is 10.1 Å². The van der Waals surface area contributed by atoms with Crippen LogP contribution in [0, 0.1) is 35.5 Å². The van der Waals surface area contributed by atoms with E-state index >= 15 is 0 Å². The van der Waals surface area contributed by atoms with Crippen LogP contribution in [-0.4, -0.2) is 23.0 Å². The maximum atomic E-state index is 12.9. The van der Waals surface area contributed by atoms with Gasteiger partial charge in [-0.15, -0.1) is 0 Å². The summed E-state index contributed by atoms with van der Waals surface area (Å²) in [6.07, 6.45) is 7.10. The molecule has 0 radical (unpaired) electrons. The first kappa shape index (κ1) is 17.6.